The molecule has 146 valence electrons. The Labute approximate surface area is 162 Å². The van der Waals surface area contributed by atoms with Crippen LogP contribution in [-0.4, -0.2) is 39.6 Å². The van der Waals surface area contributed by atoms with Gasteiger partial charge in [-0.2, -0.15) is 10.2 Å². The third kappa shape index (κ3) is 3.96. The van der Waals surface area contributed by atoms with Crippen molar-refractivity contribution in [2.75, 3.05) is 24.5 Å². The molecule has 0 unspecified atom stereocenters. The predicted molar refractivity (Wildman–Crippen MR) is 105 cm³/mol. The molecule has 0 amide bonds. The van der Waals surface area contributed by atoms with Crippen LogP contribution in [0, 0.1) is 11.7 Å². The minimum atomic E-state index is -0.250. The SMILES string of the molecule is Cn1ncc(N2CC[C@H](CNCc3cn[nH]c3-c3ccc(F)cc3)C2)cc1=O. The second kappa shape index (κ2) is 7.93. The first-order chi connectivity index (χ1) is 13.6. The highest BCUT2D eigenvalue weighted by atomic mass is 19.1. The molecule has 0 radical (unpaired) electrons. The molecule has 1 aromatic carbocycles. The standard InChI is InChI=1S/C20H23FN6O/c1-26-19(28)8-18(12-24-26)27-7-6-14(13-27)9-22-10-16-11-23-25-20(16)15-2-4-17(21)5-3-15/h2-5,8,11-12,14,22H,6-7,9-10,13H2,1H3,(H,23,25)/t14-/m1/s1. The number of aryl methyl sites for hydroxylation is 1. The topological polar surface area (TPSA) is 78.8 Å². The molecule has 0 bridgehead atoms. The molecule has 7 nitrogen and oxygen atoms in total. The highest BCUT2D eigenvalue weighted by Crippen LogP contribution is 2.23. The summed E-state index contributed by atoms with van der Waals surface area (Å²) >= 11 is 0. The van der Waals surface area contributed by atoms with Crippen LogP contribution in [0.15, 0.2) is 47.5 Å². The van der Waals surface area contributed by atoms with E-state index in [-0.39, 0.29) is 11.4 Å². The fourth-order valence-corrected chi connectivity index (χ4v) is 3.59. The molecule has 3 heterocycles. The molecule has 0 saturated carbocycles. The van der Waals surface area contributed by atoms with Crippen molar-refractivity contribution in [2.24, 2.45) is 13.0 Å². The molecule has 3 aromatic rings. The van der Waals surface area contributed by atoms with E-state index in [9.17, 15) is 9.18 Å². The zero-order valence-electron chi connectivity index (χ0n) is 15.7. The largest absolute Gasteiger partial charge is 0.370 e. The lowest BCUT2D eigenvalue weighted by molar-refractivity contribution is 0.517. The summed E-state index contributed by atoms with van der Waals surface area (Å²) in [6, 6.07) is 8.04. The van der Waals surface area contributed by atoms with Crippen LogP contribution in [0.5, 0.6) is 0 Å². The lowest BCUT2D eigenvalue weighted by Crippen LogP contribution is -2.28. The van der Waals surface area contributed by atoms with Crippen LogP contribution in [0.25, 0.3) is 11.3 Å². The Kier molecular flexibility index (Phi) is 5.21. The number of nitrogens with one attached hydrogen (secondary N) is 2. The van der Waals surface area contributed by atoms with Gasteiger partial charge in [0.2, 0.25) is 0 Å². The molecule has 2 N–H and O–H groups in total. The van der Waals surface area contributed by atoms with Gasteiger partial charge in [0.1, 0.15) is 5.82 Å². The maximum absolute atomic E-state index is 13.1. The number of H-pyrrole nitrogens is 1. The Morgan fingerprint density at radius 3 is 2.89 bits per heavy atom. The lowest BCUT2D eigenvalue weighted by atomic mass is 10.1. The Morgan fingerprint density at radius 1 is 1.29 bits per heavy atom. The Bertz CT molecular complexity index is 996. The van der Waals surface area contributed by atoms with Crippen molar-refractivity contribution in [1.29, 1.82) is 0 Å². The van der Waals surface area contributed by atoms with E-state index in [4.69, 9.17) is 0 Å². The van der Waals surface area contributed by atoms with E-state index in [1.165, 1.54) is 16.8 Å². The van der Waals surface area contributed by atoms with E-state index >= 15 is 0 Å². The molecule has 28 heavy (non-hydrogen) atoms. The average molecular weight is 382 g/mol. The van der Waals surface area contributed by atoms with Gasteiger partial charge < -0.3 is 10.2 Å². The van der Waals surface area contributed by atoms with E-state index in [2.05, 4.69) is 25.5 Å². The third-order valence-electron chi connectivity index (χ3n) is 5.20. The van der Waals surface area contributed by atoms with Gasteiger partial charge in [0.25, 0.3) is 5.56 Å². The van der Waals surface area contributed by atoms with Gasteiger partial charge in [0, 0.05) is 50.4 Å². The first-order valence-corrected chi connectivity index (χ1v) is 9.37. The second-order valence-corrected chi connectivity index (χ2v) is 7.18. The van der Waals surface area contributed by atoms with Gasteiger partial charge in [-0.15, -0.1) is 0 Å². The van der Waals surface area contributed by atoms with Crippen LogP contribution in [0.4, 0.5) is 10.1 Å². The summed E-state index contributed by atoms with van der Waals surface area (Å²) in [6.45, 7) is 3.39. The molecule has 2 aromatic heterocycles. The second-order valence-electron chi connectivity index (χ2n) is 7.18. The Morgan fingerprint density at radius 2 is 2.11 bits per heavy atom. The zero-order valence-corrected chi connectivity index (χ0v) is 15.7. The molecule has 1 aliphatic rings. The number of aromatic nitrogens is 4. The monoisotopic (exact) mass is 382 g/mol. The van der Waals surface area contributed by atoms with Crippen molar-refractivity contribution in [2.45, 2.75) is 13.0 Å². The fourth-order valence-electron chi connectivity index (χ4n) is 3.59. The number of anilines is 1. The van der Waals surface area contributed by atoms with Crippen molar-refractivity contribution in [3.63, 3.8) is 0 Å². The van der Waals surface area contributed by atoms with E-state index in [0.29, 0.717) is 12.5 Å². The van der Waals surface area contributed by atoms with Gasteiger partial charge in [-0.1, -0.05) is 0 Å². The van der Waals surface area contributed by atoms with Crippen molar-refractivity contribution in [3.8, 4) is 11.3 Å². The quantitative estimate of drug-likeness (QED) is 0.681. The molecule has 1 atom stereocenters. The Balaban J connectivity index is 1.32. The number of aromatic amines is 1. The number of nitrogens with zero attached hydrogens (tertiary/aromatic N) is 4. The number of hydrogen-bond donors (Lipinski definition) is 2. The molecule has 1 aliphatic heterocycles. The highest BCUT2D eigenvalue weighted by Gasteiger charge is 2.23. The number of hydrogen-bond acceptors (Lipinski definition) is 5. The molecular formula is C20H23FN6O. The molecule has 1 fully saturated rings. The van der Waals surface area contributed by atoms with Crippen LogP contribution >= 0.6 is 0 Å². The summed E-state index contributed by atoms with van der Waals surface area (Å²) in [7, 11) is 1.65. The summed E-state index contributed by atoms with van der Waals surface area (Å²) < 4.78 is 14.5. The van der Waals surface area contributed by atoms with Gasteiger partial charge in [-0.05, 0) is 36.6 Å². The molecular weight excluding hydrogens is 359 g/mol. The number of halogens is 1. The first-order valence-electron chi connectivity index (χ1n) is 9.37. The summed E-state index contributed by atoms with van der Waals surface area (Å²) in [5.41, 5.74) is 3.68. The van der Waals surface area contributed by atoms with E-state index in [1.54, 1.807) is 37.6 Å². The van der Waals surface area contributed by atoms with Crippen molar-refractivity contribution >= 4 is 5.69 Å². The van der Waals surface area contributed by atoms with Crippen LogP contribution in [-0.2, 0) is 13.6 Å². The minimum Gasteiger partial charge on any atom is -0.370 e. The highest BCUT2D eigenvalue weighted by molar-refractivity contribution is 5.62. The van der Waals surface area contributed by atoms with Crippen LogP contribution < -0.4 is 15.8 Å². The summed E-state index contributed by atoms with van der Waals surface area (Å²) in [5, 5.41) is 14.7. The van der Waals surface area contributed by atoms with E-state index in [0.717, 1.165) is 48.6 Å². The van der Waals surface area contributed by atoms with E-state index in [1.807, 2.05) is 0 Å². The average Bonchev–Trinajstić information content (AvgIpc) is 3.35. The maximum atomic E-state index is 13.1. The van der Waals surface area contributed by atoms with Crippen LogP contribution in [0.2, 0.25) is 0 Å². The maximum Gasteiger partial charge on any atom is 0.268 e. The minimum absolute atomic E-state index is 0.0904. The summed E-state index contributed by atoms with van der Waals surface area (Å²) in [5.74, 6) is 0.255. The third-order valence-corrected chi connectivity index (χ3v) is 5.20. The van der Waals surface area contributed by atoms with Crippen molar-refractivity contribution < 1.29 is 4.39 Å². The number of rotatable bonds is 6. The first kappa shape index (κ1) is 18.4. The molecule has 0 spiro atoms. The van der Waals surface area contributed by atoms with Crippen molar-refractivity contribution in [1.82, 2.24) is 25.3 Å². The van der Waals surface area contributed by atoms with E-state index < -0.39 is 0 Å². The molecule has 4 rings (SSSR count). The molecule has 1 saturated heterocycles. The lowest BCUT2D eigenvalue weighted by Gasteiger charge is -2.18. The number of benzene rings is 1. The van der Waals surface area contributed by atoms with Crippen LogP contribution in [0.3, 0.4) is 0 Å². The van der Waals surface area contributed by atoms with Crippen molar-refractivity contribution in [3.05, 3.63) is 64.5 Å². The molecule has 0 aliphatic carbocycles. The summed E-state index contributed by atoms with van der Waals surface area (Å²) in [4.78, 5) is 14.0. The van der Waals surface area contributed by atoms with Gasteiger partial charge >= 0.3 is 0 Å². The Hall–Kier alpha value is -3.00. The van der Waals surface area contributed by atoms with Gasteiger partial charge in [0.15, 0.2) is 0 Å². The smallest absolute Gasteiger partial charge is 0.268 e. The van der Waals surface area contributed by atoms with Crippen LogP contribution in [0.1, 0.15) is 12.0 Å². The molecule has 8 heteroatoms. The van der Waals surface area contributed by atoms with Gasteiger partial charge in [0.05, 0.1) is 23.8 Å². The normalized spacial score (nSPS) is 16.6. The zero-order chi connectivity index (χ0) is 19.5. The predicted octanol–water partition coefficient (Wildman–Crippen LogP) is 1.93. The van der Waals surface area contributed by atoms with Gasteiger partial charge in [-0.3, -0.25) is 9.89 Å². The summed E-state index contributed by atoms with van der Waals surface area (Å²) in [6.07, 6.45) is 4.62. The van der Waals surface area contributed by atoms with Gasteiger partial charge in [-0.25, -0.2) is 9.07 Å². The fraction of sp³-hybridized carbons (Fsp3) is 0.350.